The van der Waals surface area contributed by atoms with E-state index < -0.39 is 0 Å². The molecule has 0 amide bonds. The van der Waals surface area contributed by atoms with Gasteiger partial charge in [-0.05, 0) is 68.3 Å². The van der Waals surface area contributed by atoms with E-state index in [4.69, 9.17) is 11.6 Å². The van der Waals surface area contributed by atoms with E-state index in [9.17, 15) is 0 Å². The van der Waals surface area contributed by atoms with E-state index in [2.05, 4.69) is 38.2 Å². The average Bonchev–Trinajstić information content (AvgIpc) is 2.27. The molecule has 1 aliphatic rings. The minimum absolute atomic E-state index is 0.523. The average molecular weight is 266 g/mol. The first kappa shape index (κ1) is 13.9. The highest BCUT2D eigenvalue weighted by Gasteiger charge is 2.29. The van der Waals surface area contributed by atoms with Crippen LogP contribution in [0.25, 0.3) is 0 Å². The fraction of sp³-hybridized carbons (Fsp3) is 0.625. The van der Waals surface area contributed by atoms with Gasteiger partial charge in [0.25, 0.3) is 0 Å². The highest BCUT2D eigenvalue weighted by Crippen LogP contribution is 2.39. The van der Waals surface area contributed by atoms with Crippen LogP contribution in [0.2, 0.25) is 5.02 Å². The Kier molecular flexibility index (Phi) is 4.69. The number of benzene rings is 1. The van der Waals surface area contributed by atoms with Crippen LogP contribution in [0.5, 0.6) is 0 Å². The maximum atomic E-state index is 6.20. The topological polar surface area (TPSA) is 12.0 Å². The van der Waals surface area contributed by atoms with Gasteiger partial charge in [-0.1, -0.05) is 31.0 Å². The third-order valence-electron chi connectivity index (χ3n) is 4.12. The highest BCUT2D eigenvalue weighted by atomic mass is 35.5. The molecule has 0 saturated heterocycles. The molecular formula is C16H24ClN. The quantitative estimate of drug-likeness (QED) is 0.807. The molecule has 1 fully saturated rings. The number of rotatable bonds is 5. The van der Waals surface area contributed by atoms with Crippen LogP contribution in [0.15, 0.2) is 12.1 Å². The van der Waals surface area contributed by atoms with Crippen molar-refractivity contribution in [3.05, 3.63) is 33.8 Å². The van der Waals surface area contributed by atoms with Crippen LogP contribution < -0.4 is 5.32 Å². The molecule has 1 unspecified atom stereocenters. The molecule has 0 heterocycles. The van der Waals surface area contributed by atoms with Gasteiger partial charge in [-0.25, -0.2) is 0 Å². The van der Waals surface area contributed by atoms with Crippen molar-refractivity contribution in [1.82, 2.24) is 5.32 Å². The molecule has 2 heteroatoms. The summed E-state index contributed by atoms with van der Waals surface area (Å²) in [7, 11) is 0. The summed E-state index contributed by atoms with van der Waals surface area (Å²) >= 11 is 6.20. The van der Waals surface area contributed by atoms with Gasteiger partial charge >= 0.3 is 0 Å². The number of aryl methyl sites for hydroxylation is 2. The SMILES string of the molecule is CCCNC(c1cc(C)c(Cl)cc1C)C1CCC1. The van der Waals surface area contributed by atoms with E-state index in [1.54, 1.807) is 0 Å². The summed E-state index contributed by atoms with van der Waals surface area (Å²) < 4.78 is 0. The first-order valence-corrected chi connectivity index (χ1v) is 7.51. The van der Waals surface area contributed by atoms with Gasteiger partial charge in [0.1, 0.15) is 0 Å². The fourth-order valence-corrected chi connectivity index (χ4v) is 2.96. The minimum atomic E-state index is 0.523. The van der Waals surface area contributed by atoms with E-state index in [1.165, 1.54) is 42.4 Å². The Bertz CT molecular complexity index is 410. The van der Waals surface area contributed by atoms with Crippen molar-refractivity contribution in [3.8, 4) is 0 Å². The Morgan fingerprint density at radius 1 is 1.28 bits per heavy atom. The molecule has 1 N–H and O–H groups in total. The van der Waals surface area contributed by atoms with Gasteiger partial charge in [-0.15, -0.1) is 0 Å². The van der Waals surface area contributed by atoms with Crippen LogP contribution in [0.3, 0.4) is 0 Å². The summed E-state index contributed by atoms with van der Waals surface area (Å²) in [4.78, 5) is 0. The maximum Gasteiger partial charge on any atom is 0.0438 e. The molecule has 0 radical (unpaired) electrons. The van der Waals surface area contributed by atoms with E-state index in [0.717, 1.165) is 17.5 Å². The van der Waals surface area contributed by atoms with Crippen molar-refractivity contribution in [1.29, 1.82) is 0 Å². The Morgan fingerprint density at radius 2 is 2.00 bits per heavy atom. The molecule has 0 bridgehead atoms. The second-order valence-electron chi connectivity index (χ2n) is 5.58. The van der Waals surface area contributed by atoms with Gasteiger partial charge in [0.05, 0.1) is 0 Å². The molecule has 1 aromatic rings. The van der Waals surface area contributed by atoms with Gasteiger partial charge in [-0.3, -0.25) is 0 Å². The monoisotopic (exact) mass is 265 g/mol. The third-order valence-corrected chi connectivity index (χ3v) is 4.53. The van der Waals surface area contributed by atoms with Gasteiger partial charge in [0.15, 0.2) is 0 Å². The molecule has 1 aromatic carbocycles. The van der Waals surface area contributed by atoms with E-state index >= 15 is 0 Å². The van der Waals surface area contributed by atoms with E-state index in [1.807, 2.05) is 0 Å². The standard InChI is InChI=1S/C16H24ClN/c1-4-8-18-16(13-6-5-7-13)14-9-12(3)15(17)10-11(14)2/h9-10,13,16,18H,4-8H2,1-3H3. The van der Waals surface area contributed by atoms with Crippen LogP contribution >= 0.6 is 11.6 Å². The van der Waals surface area contributed by atoms with Gasteiger partial charge in [0, 0.05) is 11.1 Å². The third kappa shape index (κ3) is 2.89. The maximum absolute atomic E-state index is 6.20. The van der Waals surface area contributed by atoms with Crippen LogP contribution in [-0.2, 0) is 0 Å². The first-order valence-electron chi connectivity index (χ1n) is 7.13. The van der Waals surface area contributed by atoms with Crippen LogP contribution in [0.1, 0.15) is 55.3 Å². The van der Waals surface area contributed by atoms with Gasteiger partial charge < -0.3 is 5.32 Å². The Morgan fingerprint density at radius 3 is 2.56 bits per heavy atom. The lowest BCUT2D eigenvalue weighted by Crippen LogP contribution is -2.33. The first-order chi connectivity index (χ1) is 8.63. The van der Waals surface area contributed by atoms with Crippen molar-refractivity contribution in [2.75, 3.05) is 6.54 Å². The highest BCUT2D eigenvalue weighted by molar-refractivity contribution is 6.31. The molecular weight excluding hydrogens is 242 g/mol. The van der Waals surface area contributed by atoms with Crippen LogP contribution in [-0.4, -0.2) is 6.54 Å². The van der Waals surface area contributed by atoms with Crippen molar-refractivity contribution in [2.24, 2.45) is 5.92 Å². The van der Waals surface area contributed by atoms with Crippen LogP contribution in [0.4, 0.5) is 0 Å². The lowest BCUT2D eigenvalue weighted by Gasteiger charge is -2.36. The number of nitrogens with one attached hydrogen (secondary N) is 1. The lowest BCUT2D eigenvalue weighted by atomic mass is 9.76. The smallest absolute Gasteiger partial charge is 0.0438 e. The predicted octanol–water partition coefficient (Wildman–Crippen LogP) is 4.80. The van der Waals surface area contributed by atoms with Crippen molar-refractivity contribution in [3.63, 3.8) is 0 Å². The molecule has 2 rings (SSSR count). The zero-order valence-corrected chi connectivity index (χ0v) is 12.5. The summed E-state index contributed by atoms with van der Waals surface area (Å²) in [5.41, 5.74) is 3.97. The fourth-order valence-electron chi connectivity index (χ4n) is 2.74. The molecule has 1 atom stereocenters. The van der Waals surface area contributed by atoms with Crippen molar-refractivity contribution < 1.29 is 0 Å². The van der Waals surface area contributed by atoms with Crippen molar-refractivity contribution in [2.45, 2.75) is 52.5 Å². The Labute approximate surface area is 116 Å². The summed E-state index contributed by atoms with van der Waals surface area (Å²) in [6, 6.07) is 4.92. The van der Waals surface area contributed by atoms with Crippen molar-refractivity contribution >= 4 is 11.6 Å². The summed E-state index contributed by atoms with van der Waals surface area (Å²) in [6.45, 7) is 7.61. The molecule has 1 nitrogen and oxygen atoms in total. The molecule has 0 aromatic heterocycles. The largest absolute Gasteiger partial charge is 0.310 e. The Hall–Kier alpha value is -0.530. The molecule has 0 spiro atoms. The zero-order chi connectivity index (χ0) is 13.1. The molecule has 1 aliphatic carbocycles. The zero-order valence-electron chi connectivity index (χ0n) is 11.7. The second-order valence-corrected chi connectivity index (χ2v) is 5.99. The molecule has 0 aliphatic heterocycles. The van der Waals surface area contributed by atoms with Gasteiger partial charge in [-0.2, -0.15) is 0 Å². The second kappa shape index (κ2) is 6.08. The summed E-state index contributed by atoms with van der Waals surface area (Å²) in [6.07, 6.45) is 5.31. The number of hydrogen-bond acceptors (Lipinski definition) is 1. The lowest BCUT2D eigenvalue weighted by molar-refractivity contribution is 0.230. The van der Waals surface area contributed by atoms with Gasteiger partial charge in [0.2, 0.25) is 0 Å². The predicted molar refractivity (Wildman–Crippen MR) is 79.3 cm³/mol. The van der Waals surface area contributed by atoms with E-state index in [0.29, 0.717) is 6.04 Å². The normalized spacial score (nSPS) is 17.6. The molecule has 18 heavy (non-hydrogen) atoms. The number of halogens is 1. The Balaban J connectivity index is 2.25. The molecule has 1 saturated carbocycles. The summed E-state index contributed by atoms with van der Waals surface area (Å²) in [5.74, 6) is 0.816. The summed E-state index contributed by atoms with van der Waals surface area (Å²) in [5, 5.41) is 4.62. The van der Waals surface area contributed by atoms with E-state index in [-0.39, 0.29) is 0 Å². The minimum Gasteiger partial charge on any atom is -0.310 e. The molecule has 100 valence electrons. The number of hydrogen-bond donors (Lipinski definition) is 1. The van der Waals surface area contributed by atoms with Crippen LogP contribution in [0, 0.1) is 19.8 Å².